The number of hydrogen-bond donors (Lipinski definition) is 1. The smallest absolute Gasteiger partial charge is 0.224 e. The van der Waals surface area contributed by atoms with Gasteiger partial charge in [-0.3, -0.25) is 9.59 Å². The molecule has 1 saturated carbocycles. The van der Waals surface area contributed by atoms with Gasteiger partial charge >= 0.3 is 0 Å². The van der Waals surface area contributed by atoms with Crippen molar-refractivity contribution in [2.24, 2.45) is 11.8 Å². The van der Waals surface area contributed by atoms with Crippen LogP contribution in [0.2, 0.25) is 0 Å². The first-order valence-corrected chi connectivity index (χ1v) is 9.07. The average molecular weight is 335 g/mol. The number of amides is 1. The van der Waals surface area contributed by atoms with Crippen LogP contribution in [0.25, 0.3) is 11.1 Å². The zero-order valence-corrected chi connectivity index (χ0v) is 14.9. The Kier molecular flexibility index (Phi) is 5.32. The van der Waals surface area contributed by atoms with E-state index >= 15 is 0 Å². The standard InChI is InChI=1S/C22H25NO2/c1-15(2)3-14-21(24)23-20-12-10-17(11-13-20)16-4-6-18(7-5-16)22(25)19-8-9-19/h4-7,10-13,15,19H,3,8-9,14H2,1-2H3,(H,23,24). The molecule has 25 heavy (non-hydrogen) atoms. The molecular formula is C22H25NO2. The van der Waals surface area contributed by atoms with Gasteiger partial charge in [-0.2, -0.15) is 0 Å². The van der Waals surface area contributed by atoms with Crippen LogP contribution in [0.3, 0.4) is 0 Å². The van der Waals surface area contributed by atoms with Crippen LogP contribution in [0.15, 0.2) is 48.5 Å². The molecule has 0 saturated heterocycles. The molecule has 0 atom stereocenters. The van der Waals surface area contributed by atoms with Crippen LogP contribution in [0, 0.1) is 11.8 Å². The quantitative estimate of drug-likeness (QED) is 0.696. The minimum Gasteiger partial charge on any atom is -0.326 e. The molecule has 1 N–H and O–H groups in total. The van der Waals surface area contributed by atoms with Crippen LogP contribution in [0.1, 0.15) is 49.9 Å². The second kappa shape index (κ2) is 7.64. The number of ketones is 1. The van der Waals surface area contributed by atoms with Gasteiger partial charge in [0.25, 0.3) is 0 Å². The van der Waals surface area contributed by atoms with Crippen molar-refractivity contribution >= 4 is 17.4 Å². The summed E-state index contributed by atoms with van der Waals surface area (Å²) in [6.45, 7) is 4.23. The number of hydrogen-bond acceptors (Lipinski definition) is 2. The zero-order chi connectivity index (χ0) is 17.8. The van der Waals surface area contributed by atoms with Crippen LogP contribution in [0.5, 0.6) is 0 Å². The summed E-state index contributed by atoms with van der Waals surface area (Å²) >= 11 is 0. The van der Waals surface area contributed by atoms with Crippen molar-refractivity contribution in [1.82, 2.24) is 0 Å². The second-order valence-electron chi connectivity index (χ2n) is 7.27. The summed E-state index contributed by atoms with van der Waals surface area (Å²) in [5.41, 5.74) is 3.77. The maximum Gasteiger partial charge on any atom is 0.224 e. The third-order valence-electron chi connectivity index (χ3n) is 4.57. The predicted molar refractivity (Wildman–Crippen MR) is 102 cm³/mol. The van der Waals surface area contributed by atoms with Crippen molar-refractivity contribution in [3.8, 4) is 11.1 Å². The Morgan fingerprint density at radius 1 is 0.960 bits per heavy atom. The molecule has 3 nitrogen and oxygen atoms in total. The van der Waals surface area contributed by atoms with Crippen LogP contribution >= 0.6 is 0 Å². The number of carbonyl (C=O) groups excluding carboxylic acids is 2. The maximum atomic E-state index is 12.1. The van der Waals surface area contributed by atoms with E-state index in [0.29, 0.717) is 12.3 Å². The molecular weight excluding hydrogens is 310 g/mol. The van der Waals surface area contributed by atoms with Gasteiger partial charge in [-0.25, -0.2) is 0 Å². The number of benzene rings is 2. The van der Waals surface area contributed by atoms with Crippen LogP contribution in [0.4, 0.5) is 5.69 Å². The molecule has 1 fully saturated rings. The summed E-state index contributed by atoms with van der Waals surface area (Å²) in [5.74, 6) is 1.11. The Labute approximate surface area is 149 Å². The minimum absolute atomic E-state index is 0.0596. The predicted octanol–water partition coefficient (Wildman–Crippen LogP) is 5.32. The Morgan fingerprint density at radius 2 is 1.52 bits per heavy atom. The van der Waals surface area contributed by atoms with Crippen LogP contribution < -0.4 is 5.32 Å². The third-order valence-corrected chi connectivity index (χ3v) is 4.57. The molecule has 1 aliphatic carbocycles. The van der Waals surface area contributed by atoms with Gasteiger partial charge in [0.15, 0.2) is 5.78 Å². The first-order valence-electron chi connectivity index (χ1n) is 9.07. The first-order chi connectivity index (χ1) is 12.0. The maximum absolute atomic E-state index is 12.1. The highest BCUT2D eigenvalue weighted by molar-refractivity contribution is 5.99. The molecule has 1 amide bonds. The fourth-order valence-electron chi connectivity index (χ4n) is 2.80. The lowest BCUT2D eigenvalue weighted by atomic mass is 10.0. The van der Waals surface area contributed by atoms with Gasteiger partial charge in [-0.05, 0) is 48.4 Å². The Morgan fingerprint density at radius 3 is 2.04 bits per heavy atom. The van der Waals surface area contributed by atoms with Crippen LogP contribution in [-0.4, -0.2) is 11.7 Å². The Bertz CT molecular complexity index is 741. The number of carbonyl (C=O) groups is 2. The summed E-state index contributed by atoms with van der Waals surface area (Å²) in [6.07, 6.45) is 3.52. The van der Waals surface area contributed by atoms with Crippen molar-refractivity contribution in [2.45, 2.75) is 39.5 Å². The van der Waals surface area contributed by atoms with Crippen molar-refractivity contribution in [3.05, 3.63) is 54.1 Å². The highest BCUT2D eigenvalue weighted by Crippen LogP contribution is 2.33. The van der Waals surface area contributed by atoms with E-state index in [0.717, 1.165) is 41.6 Å². The van der Waals surface area contributed by atoms with Gasteiger partial charge in [0.2, 0.25) is 5.91 Å². The van der Waals surface area contributed by atoms with Gasteiger partial charge in [0.1, 0.15) is 0 Å². The molecule has 0 spiro atoms. The number of anilines is 1. The molecule has 130 valence electrons. The number of nitrogens with one attached hydrogen (secondary N) is 1. The third kappa shape index (κ3) is 4.79. The Hall–Kier alpha value is -2.42. The van der Waals surface area contributed by atoms with E-state index in [1.165, 1.54) is 0 Å². The van der Waals surface area contributed by atoms with Crippen molar-refractivity contribution in [3.63, 3.8) is 0 Å². The summed E-state index contributed by atoms with van der Waals surface area (Å²) < 4.78 is 0. The first kappa shape index (κ1) is 17.4. The molecule has 0 bridgehead atoms. The number of Topliss-reactive ketones (excluding diaryl/α,β-unsaturated/α-hetero) is 1. The topological polar surface area (TPSA) is 46.2 Å². The van der Waals surface area contributed by atoms with Crippen LogP contribution in [-0.2, 0) is 4.79 Å². The largest absolute Gasteiger partial charge is 0.326 e. The van der Waals surface area contributed by atoms with Crippen molar-refractivity contribution in [2.75, 3.05) is 5.32 Å². The van der Waals surface area contributed by atoms with E-state index < -0.39 is 0 Å². The minimum atomic E-state index is 0.0596. The SMILES string of the molecule is CC(C)CCC(=O)Nc1ccc(-c2ccc(C(=O)C3CC3)cc2)cc1. The molecule has 0 aliphatic heterocycles. The summed E-state index contributed by atoms with van der Waals surface area (Å²) in [6, 6.07) is 15.6. The summed E-state index contributed by atoms with van der Waals surface area (Å²) in [4.78, 5) is 23.9. The molecule has 0 unspecified atom stereocenters. The molecule has 0 radical (unpaired) electrons. The summed E-state index contributed by atoms with van der Waals surface area (Å²) in [7, 11) is 0. The van der Waals surface area contributed by atoms with Gasteiger partial charge in [-0.15, -0.1) is 0 Å². The van der Waals surface area contributed by atoms with Gasteiger partial charge < -0.3 is 5.32 Å². The van der Waals surface area contributed by atoms with Crippen molar-refractivity contribution < 1.29 is 9.59 Å². The van der Waals surface area contributed by atoms with E-state index in [1.807, 2.05) is 48.5 Å². The van der Waals surface area contributed by atoms with Gasteiger partial charge in [-0.1, -0.05) is 50.2 Å². The average Bonchev–Trinajstić information content (AvgIpc) is 3.45. The van der Waals surface area contributed by atoms with E-state index in [-0.39, 0.29) is 17.6 Å². The molecule has 0 aromatic heterocycles. The molecule has 2 aromatic rings. The molecule has 2 aromatic carbocycles. The molecule has 0 heterocycles. The number of rotatable bonds is 7. The highest BCUT2D eigenvalue weighted by Gasteiger charge is 2.30. The van der Waals surface area contributed by atoms with E-state index in [1.54, 1.807) is 0 Å². The zero-order valence-electron chi connectivity index (χ0n) is 14.9. The fraction of sp³-hybridized carbons (Fsp3) is 0.364. The normalized spacial score (nSPS) is 13.7. The highest BCUT2D eigenvalue weighted by atomic mass is 16.1. The lowest BCUT2D eigenvalue weighted by Gasteiger charge is -2.08. The van der Waals surface area contributed by atoms with E-state index in [4.69, 9.17) is 0 Å². The monoisotopic (exact) mass is 335 g/mol. The van der Waals surface area contributed by atoms with Gasteiger partial charge in [0, 0.05) is 23.6 Å². The summed E-state index contributed by atoms with van der Waals surface area (Å²) in [5, 5.41) is 2.94. The molecule has 1 aliphatic rings. The fourth-order valence-corrected chi connectivity index (χ4v) is 2.80. The lowest BCUT2D eigenvalue weighted by molar-refractivity contribution is -0.116. The lowest BCUT2D eigenvalue weighted by Crippen LogP contribution is -2.11. The molecule has 3 heteroatoms. The van der Waals surface area contributed by atoms with E-state index in [2.05, 4.69) is 19.2 Å². The second-order valence-corrected chi connectivity index (χ2v) is 7.27. The molecule has 3 rings (SSSR count). The van der Waals surface area contributed by atoms with E-state index in [9.17, 15) is 9.59 Å². The van der Waals surface area contributed by atoms with Gasteiger partial charge in [0.05, 0.1) is 0 Å². The van der Waals surface area contributed by atoms with Crippen molar-refractivity contribution in [1.29, 1.82) is 0 Å². The Balaban J connectivity index is 1.61.